The van der Waals surface area contributed by atoms with Crippen molar-refractivity contribution in [1.82, 2.24) is 9.97 Å². The van der Waals surface area contributed by atoms with Crippen molar-refractivity contribution in [3.8, 4) is 45.0 Å². The Kier molecular flexibility index (Phi) is 8.56. The van der Waals surface area contributed by atoms with E-state index in [4.69, 9.17) is 15.7 Å². The minimum atomic E-state index is 0.656. The van der Waals surface area contributed by atoms with Crippen LogP contribution in [0, 0.1) is 5.92 Å². The molecule has 6 aromatic rings. The van der Waals surface area contributed by atoms with Gasteiger partial charge < -0.3 is 5.73 Å². The minimum absolute atomic E-state index is 0.656. The second-order valence-corrected chi connectivity index (χ2v) is 13.9. The fraction of sp³-hybridized carbons (Fsp3) is 0.149. The summed E-state index contributed by atoms with van der Waals surface area (Å²) in [6.07, 6.45) is 15.0. The van der Waals surface area contributed by atoms with Gasteiger partial charge in [0.15, 0.2) is 5.82 Å². The first-order chi connectivity index (χ1) is 24.5. The molecule has 3 nitrogen and oxygen atoms in total. The van der Waals surface area contributed by atoms with E-state index < -0.39 is 0 Å². The predicted molar refractivity (Wildman–Crippen MR) is 211 cm³/mol. The molecule has 50 heavy (non-hydrogen) atoms. The van der Waals surface area contributed by atoms with E-state index in [0.717, 1.165) is 70.6 Å². The first-order valence-corrected chi connectivity index (χ1v) is 17.7. The molecular formula is C47H41N3. The molecule has 2 aliphatic carbocycles. The zero-order valence-corrected chi connectivity index (χ0v) is 28.7. The first-order valence-electron chi connectivity index (χ1n) is 17.7. The molecule has 0 saturated carbocycles. The van der Waals surface area contributed by atoms with Crippen molar-refractivity contribution in [1.29, 1.82) is 0 Å². The molecule has 0 aliphatic heterocycles. The molecule has 1 heterocycles. The van der Waals surface area contributed by atoms with Gasteiger partial charge in [-0.3, -0.25) is 0 Å². The van der Waals surface area contributed by atoms with Crippen LogP contribution in [0.1, 0.15) is 49.8 Å². The van der Waals surface area contributed by atoms with Gasteiger partial charge in [0.1, 0.15) is 0 Å². The fourth-order valence-electron chi connectivity index (χ4n) is 7.01. The van der Waals surface area contributed by atoms with E-state index in [9.17, 15) is 0 Å². The van der Waals surface area contributed by atoms with Crippen LogP contribution < -0.4 is 5.73 Å². The van der Waals surface area contributed by atoms with E-state index in [-0.39, 0.29) is 0 Å². The Morgan fingerprint density at radius 3 is 2.10 bits per heavy atom. The maximum atomic E-state index is 6.62. The van der Waals surface area contributed by atoms with E-state index in [1.54, 1.807) is 0 Å². The molecule has 0 spiro atoms. The third-order valence-corrected chi connectivity index (χ3v) is 9.84. The van der Waals surface area contributed by atoms with Crippen molar-refractivity contribution < 1.29 is 0 Å². The molecule has 2 aliphatic rings. The lowest BCUT2D eigenvalue weighted by atomic mass is 9.92. The van der Waals surface area contributed by atoms with E-state index >= 15 is 0 Å². The van der Waals surface area contributed by atoms with E-state index in [2.05, 4.69) is 147 Å². The van der Waals surface area contributed by atoms with Crippen LogP contribution in [0.4, 0.5) is 0 Å². The van der Waals surface area contributed by atoms with E-state index in [1.807, 2.05) is 12.1 Å². The molecule has 0 unspecified atom stereocenters. The molecule has 0 bridgehead atoms. The van der Waals surface area contributed by atoms with E-state index in [1.165, 1.54) is 38.6 Å². The minimum Gasteiger partial charge on any atom is -0.399 e. The highest BCUT2D eigenvalue weighted by molar-refractivity contribution is 5.92. The highest BCUT2D eigenvalue weighted by Crippen LogP contribution is 2.38. The zero-order chi connectivity index (χ0) is 34.0. The van der Waals surface area contributed by atoms with Gasteiger partial charge >= 0.3 is 0 Å². The summed E-state index contributed by atoms with van der Waals surface area (Å²) in [7, 11) is 0. The fourth-order valence-corrected chi connectivity index (χ4v) is 7.01. The van der Waals surface area contributed by atoms with Crippen molar-refractivity contribution in [3.05, 3.63) is 168 Å². The third kappa shape index (κ3) is 6.60. The smallest absolute Gasteiger partial charge is 0.160 e. The summed E-state index contributed by atoms with van der Waals surface area (Å²) >= 11 is 0. The van der Waals surface area contributed by atoms with Crippen LogP contribution in [0.2, 0.25) is 0 Å². The summed E-state index contributed by atoms with van der Waals surface area (Å²) in [6, 6.07) is 41.2. The number of hydrogen-bond donors (Lipinski definition) is 1. The zero-order valence-electron chi connectivity index (χ0n) is 28.7. The quantitative estimate of drug-likeness (QED) is 0.170. The number of rotatable bonds is 9. The normalized spacial score (nSPS) is 13.9. The number of fused-ring (bicyclic) bond motifs is 2. The second-order valence-electron chi connectivity index (χ2n) is 13.9. The van der Waals surface area contributed by atoms with Crippen LogP contribution >= 0.6 is 0 Å². The topological polar surface area (TPSA) is 51.8 Å². The average Bonchev–Trinajstić information content (AvgIpc) is 3.84. The molecule has 0 radical (unpaired) electrons. The first kappa shape index (κ1) is 31.5. The van der Waals surface area contributed by atoms with Crippen LogP contribution in [0.15, 0.2) is 151 Å². The molecule has 0 saturated heterocycles. The molecule has 5 aromatic carbocycles. The lowest BCUT2D eigenvalue weighted by Crippen LogP contribution is -2.01. The average molecular weight is 648 g/mol. The number of allylic oxidation sites excluding steroid dienone is 6. The molecule has 0 amide bonds. The van der Waals surface area contributed by atoms with Crippen LogP contribution in [-0.2, 0) is 6.42 Å². The Labute approximate surface area is 295 Å². The SMILES string of the molecule is CC(C)CC/C=C(\N)C1=CC=C(c2cc(-c3ccc4cc5c(cc4c3)C=CC5)cc(-c3nc(-c4ccccc4)cc(-c4ccccc4)n3)c2)C1. The monoisotopic (exact) mass is 647 g/mol. The van der Waals surface area contributed by atoms with Gasteiger partial charge in [-0.2, -0.15) is 0 Å². The number of nitrogens with zero attached hydrogens (tertiary/aromatic N) is 2. The number of aromatic nitrogens is 2. The molecule has 1 aromatic heterocycles. The number of nitrogens with two attached hydrogens (primary N) is 1. The Morgan fingerprint density at radius 1 is 0.680 bits per heavy atom. The molecule has 2 N–H and O–H groups in total. The van der Waals surface area contributed by atoms with Crippen molar-refractivity contribution in [2.24, 2.45) is 11.7 Å². The molecular weight excluding hydrogens is 607 g/mol. The highest BCUT2D eigenvalue weighted by atomic mass is 14.9. The maximum absolute atomic E-state index is 6.62. The summed E-state index contributed by atoms with van der Waals surface area (Å²) in [5.74, 6) is 1.36. The van der Waals surface area contributed by atoms with Gasteiger partial charge in [0, 0.05) is 28.8 Å². The van der Waals surface area contributed by atoms with Crippen LogP contribution in [0.5, 0.6) is 0 Å². The lowest BCUT2D eigenvalue weighted by Gasteiger charge is -2.14. The lowest BCUT2D eigenvalue weighted by molar-refractivity contribution is 0.593. The van der Waals surface area contributed by atoms with Gasteiger partial charge in [0.25, 0.3) is 0 Å². The van der Waals surface area contributed by atoms with Crippen molar-refractivity contribution in [2.75, 3.05) is 0 Å². The van der Waals surface area contributed by atoms with Crippen LogP contribution in [-0.4, -0.2) is 9.97 Å². The largest absolute Gasteiger partial charge is 0.399 e. The third-order valence-electron chi connectivity index (χ3n) is 9.84. The molecule has 244 valence electrons. The Hall–Kier alpha value is -5.80. The number of hydrogen-bond acceptors (Lipinski definition) is 3. The maximum Gasteiger partial charge on any atom is 0.160 e. The molecule has 3 heteroatoms. The Morgan fingerprint density at radius 2 is 1.38 bits per heavy atom. The van der Waals surface area contributed by atoms with Gasteiger partial charge in [-0.25, -0.2) is 9.97 Å². The van der Waals surface area contributed by atoms with Crippen LogP contribution in [0.3, 0.4) is 0 Å². The van der Waals surface area contributed by atoms with Crippen molar-refractivity contribution >= 4 is 22.4 Å². The summed E-state index contributed by atoms with van der Waals surface area (Å²) < 4.78 is 0. The van der Waals surface area contributed by atoms with Crippen molar-refractivity contribution in [3.63, 3.8) is 0 Å². The van der Waals surface area contributed by atoms with Crippen LogP contribution in [0.25, 0.3) is 67.5 Å². The molecule has 8 rings (SSSR count). The van der Waals surface area contributed by atoms with Gasteiger partial charge in [-0.05, 0) is 111 Å². The van der Waals surface area contributed by atoms with Gasteiger partial charge in [0.05, 0.1) is 11.4 Å². The highest BCUT2D eigenvalue weighted by Gasteiger charge is 2.18. The summed E-state index contributed by atoms with van der Waals surface area (Å²) in [4.78, 5) is 10.4. The Balaban J connectivity index is 1.25. The standard InChI is InChI=1S/C47H41N3/c1-31(2)11-9-18-44(48)39-22-21-37(24-39)41-27-42(38-20-19-36-23-34-16-10-17-35(34)25-40(36)26-38)29-43(28-41)47-49-45(32-12-5-3-6-13-32)30-46(50-47)33-14-7-4-8-15-33/h3-8,10,12-15,17-23,25-31H,9,11,16,24,48H2,1-2H3/b44-18-. The van der Waals surface area contributed by atoms with Gasteiger partial charge in [-0.15, -0.1) is 0 Å². The summed E-state index contributed by atoms with van der Waals surface area (Å²) in [5, 5.41) is 2.52. The summed E-state index contributed by atoms with van der Waals surface area (Å²) in [6.45, 7) is 4.51. The predicted octanol–water partition coefficient (Wildman–Crippen LogP) is 11.9. The second kappa shape index (κ2) is 13.6. The van der Waals surface area contributed by atoms with Crippen molar-refractivity contribution in [2.45, 2.75) is 39.5 Å². The Bertz CT molecular complexity index is 2280. The van der Waals surface area contributed by atoms with Gasteiger partial charge in [-0.1, -0.05) is 123 Å². The molecule has 0 atom stereocenters. The van der Waals surface area contributed by atoms with Gasteiger partial charge in [0.2, 0.25) is 0 Å². The summed E-state index contributed by atoms with van der Waals surface area (Å²) in [5.41, 5.74) is 21.0. The number of benzene rings is 5. The molecule has 0 fully saturated rings. The van der Waals surface area contributed by atoms with E-state index in [0.29, 0.717) is 11.7 Å².